The quantitative estimate of drug-likeness (QED) is 0.564. The Hall–Kier alpha value is -4.21. The largest absolute Gasteiger partial charge is 0.479 e. The van der Waals surface area contributed by atoms with Gasteiger partial charge in [0.15, 0.2) is 0 Å². The molecule has 4 rings (SSSR count). The van der Waals surface area contributed by atoms with Gasteiger partial charge in [-0.1, -0.05) is 0 Å². The Bertz CT molecular complexity index is 1220. The molecule has 0 aliphatic carbocycles. The predicted molar refractivity (Wildman–Crippen MR) is 125 cm³/mol. The molecule has 3 heterocycles. The monoisotopic (exact) mass is 464 g/mol. The number of rotatable bonds is 6. The lowest BCUT2D eigenvalue weighted by Crippen LogP contribution is -2.59. The summed E-state index contributed by atoms with van der Waals surface area (Å²) in [7, 11) is 1.52. The molecule has 1 fully saturated rings. The molecule has 1 aliphatic rings. The molecule has 1 N–H and O–H groups in total. The van der Waals surface area contributed by atoms with Gasteiger partial charge in [0.1, 0.15) is 11.5 Å². The van der Waals surface area contributed by atoms with Crippen molar-refractivity contribution in [1.82, 2.24) is 25.0 Å². The van der Waals surface area contributed by atoms with Crippen molar-refractivity contribution in [3.63, 3.8) is 0 Å². The number of halogens is 1. The molecule has 0 spiro atoms. The summed E-state index contributed by atoms with van der Waals surface area (Å²) in [6.07, 6.45) is 7.00. The van der Waals surface area contributed by atoms with Crippen LogP contribution in [0.25, 0.3) is 11.8 Å². The van der Waals surface area contributed by atoms with E-state index < -0.39 is 5.91 Å². The van der Waals surface area contributed by atoms with Crippen LogP contribution in [-0.2, 0) is 4.79 Å². The van der Waals surface area contributed by atoms with Gasteiger partial charge in [-0.3, -0.25) is 15.1 Å². The molecule has 0 bridgehead atoms. The first kappa shape index (κ1) is 23.0. The number of carbonyl (C=O) groups is 2. The Morgan fingerprint density at radius 1 is 1.24 bits per heavy atom. The van der Waals surface area contributed by atoms with Gasteiger partial charge in [-0.15, -0.1) is 0 Å². The molecular weight excluding hydrogens is 439 g/mol. The van der Waals surface area contributed by atoms with E-state index in [1.54, 1.807) is 29.1 Å². The van der Waals surface area contributed by atoms with Gasteiger partial charge >= 0.3 is 6.03 Å². The van der Waals surface area contributed by atoms with Gasteiger partial charge in [-0.05, 0) is 62.7 Å². The lowest BCUT2D eigenvalue weighted by Gasteiger charge is -2.39. The molecule has 34 heavy (non-hydrogen) atoms. The second-order valence-corrected chi connectivity index (χ2v) is 7.91. The van der Waals surface area contributed by atoms with E-state index in [1.165, 1.54) is 41.3 Å². The summed E-state index contributed by atoms with van der Waals surface area (Å²) in [5.41, 5.74) is 5.27. The number of nitrogens with zero attached hydrogens (tertiary/aromatic N) is 5. The van der Waals surface area contributed by atoms with Crippen LogP contribution in [0, 0.1) is 12.7 Å². The summed E-state index contributed by atoms with van der Waals surface area (Å²) in [6.45, 7) is 4.16. The number of nitrogens with one attached hydrogen (secondary N) is 1. The number of ether oxygens (including phenoxy) is 1. The molecule has 3 amide bonds. The third-order valence-corrected chi connectivity index (χ3v) is 5.45. The van der Waals surface area contributed by atoms with E-state index in [2.05, 4.69) is 15.4 Å². The van der Waals surface area contributed by atoms with Gasteiger partial charge in [0, 0.05) is 30.5 Å². The maximum absolute atomic E-state index is 13.3. The van der Waals surface area contributed by atoms with Crippen molar-refractivity contribution < 1.29 is 18.7 Å². The number of methoxy groups -OCH3 is 1. The van der Waals surface area contributed by atoms with Gasteiger partial charge in [-0.2, -0.15) is 0 Å². The molecular formula is C24H25FN6O3. The second kappa shape index (κ2) is 9.74. The Balaban J connectivity index is 1.44. The highest BCUT2D eigenvalue weighted by molar-refractivity contribution is 5.97. The SMILES string of the molecule is COc1nc(/C=C/C(=O)NN2CCC(C)N(c3ccc(F)cc3)C2=O)ccc1-n1cnc(C)c1. The van der Waals surface area contributed by atoms with Crippen LogP contribution in [0.3, 0.4) is 0 Å². The minimum atomic E-state index is -0.475. The predicted octanol–water partition coefficient (Wildman–Crippen LogP) is 3.49. The summed E-state index contributed by atoms with van der Waals surface area (Å²) in [6, 6.07) is 8.79. The molecule has 1 aliphatic heterocycles. The number of aryl methyl sites for hydroxylation is 1. The number of hydrogen-bond donors (Lipinski definition) is 1. The number of imidazole rings is 1. The molecule has 2 aromatic heterocycles. The van der Waals surface area contributed by atoms with Crippen molar-refractivity contribution in [3.05, 3.63) is 72.2 Å². The minimum Gasteiger partial charge on any atom is -0.479 e. The van der Waals surface area contributed by atoms with E-state index in [0.29, 0.717) is 30.2 Å². The molecule has 1 unspecified atom stereocenters. The smallest absolute Gasteiger partial charge is 0.343 e. The summed E-state index contributed by atoms with van der Waals surface area (Å²) >= 11 is 0. The highest BCUT2D eigenvalue weighted by Gasteiger charge is 2.32. The lowest BCUT2D eigenvalue weighted by atomic mass is 10.1. The van der Waals surface area contributed by atoms with Crippen LogP contribution in [-0.4, -0.2) is 51.2 Å². The van der Waals surface area contributed by atoms with E-state index in [-0.39, 0.29) is 17.9 Å². The molecule has 9 nitrogen and oxygen atoms in total. The summed E-state index contributed by atoms with van der Waals surface area (Å²) in [4.78, 5) is 35.7. The van der Waals surface area contributed by atoms with Gasteiger partial charge in [0.2, 0.25) is 5.88 Å². The topological polar surface area (TPSA) is 92.6 Å². The van der Waals surface area contributed by atoms with Crippen LogP contribution in [0.1, 0.15) is 24.7 Å². The number of hydrogen-bond acceptors (Lipinski definition) is 5. The highest BCUT2D eigenvalue weighted by atomic mass is 19.1. The molecule has 0 saturated carbocycles. The first-order valence-electron chi connectivity index (χ1n) is 10.8. The third kappa shape index (κ3) is 4.90. The molecule has 1 aromatic carbocycles. The van der Waals surface area contributed by atoms with Gasteiger partial charge < -0.3 is 9.30 Å². The fraction of sp³-hybridized carbons (Fsp3) is 0.250. The number of aromatic nitrogens is 3. The fourth-order valence-electron chi connectivity index (χ4n) is 3.70. The molecule has 1 saturated heterocycles. The Morgan fingerprint density at radius 3 is 2.68 bits per heavy atom. The van der Waals surface area contributed by atoms with Crippen LogP contribution < -0.4 is 15.1 Å². The Labute approximate surface area is 196 Å². The van der Waals surface area contributed by atoms with Gasteiger partial charge in [0.05, 0.1) is 24.8 Å². The van der Waals surface area contributed by atoms with Crippen LogP contribution in [0.5, 0.6) is 5.88 Å². The van der Waals surface area contributed by atoms with Crippen LogP contribution in [0.4, 0.5) is 14.9 Å². The highest BCUT2D eigenvalue weighted by Crippen LogP contribution is 2.24. The zero-order chi connectivity index (χ0) is 24.2. The maximum atomic E-state index is 13.3. The summed E-state index contributed by atoms with van der Waals surface area (Å²) in [5.74, 6) is -0.471. The lowest BCUT2D eigenvalue weighted by molar-refractivity contribution is -0.120. The van der Waals surface area contributed by atoms with E-state index in [4.69, 9.17) is 4.74 Å². The third-order valence-electron chi connectivity index (χ3n) is 5.45. The normalized spacial score (nSPS) is 16.2. The van der Waals surface area contributed by atoms with Crippen molar-refractivity contribution in [2.75, 3.05) is 18.6 Å². The first-order valence-corrected chi connectivity index (χ1v) is 10.8. The molecule has 176 valence electrons. The van der Waals surface area contributed by atoms with Crippen molar-refractivity contribution >= 4 is 23.7 Å². The van der Waals surface area contributed by atoms with Crippen LogP contribution in [0.2, 0.25) is 0 Å². The Morgan fingerprint density at radius 2 is 2.00 bits per heavy atom. The molecule has 10 heteroatoms. The van der Waals surface area contributed by atoms with E-state index in [0.717, 1.165) is 11.4 Å². The fourth-order valence-corrected chi connectivity index (χ4v) is 3.70. The van der Waals surface area contributed by atoms with Gasteiger partial charge in [-0.25, -0.2) is 24.2 Å². The summed E-state index contributed by atoms with van der Waals surface area (Å²) in [5, 5.41) is 1.26. The van der Waals surface area contributed by atoms with Crippen molar-refractivity contribution in [2.45, 2.75) is 26.3 Å². The van der Waals surface area contributed by atoms with Crippen molar-refractivity contribution in [2.24, 2.45) is 0 Å². The average molecular weight is 465 g/mol. The number of anilines is 1. The first-order chi connectivity index (χ1) is 16.4. The van der Waals surface area contributed by atoms with Gasteiger partial charge in [0.25, 0.3) is 5.91 Å². The number of hydrazine groups is 1. The average Bonchev–Trinajstić information content (AvgIpc) is 3.26. The molecule has 0 radical (unpaired) electrons. The standard InChI is InChI=1S/C24H25FN6O3/c1-16-14-29(15-26-16)21-10-6-19(27-23(21)34-3)7-11-22(32)28-30-13-12-17(2)31(24(30)33)20-8-4-18(25)5-9-20/h4-11,14-15,17H,12-13H2,1-3H3,(H,28,32)/b11-7+. The Kier molecular flexibility index (Phi) is 6.58. The second-order valence-electron chi connectivity index (χ2n) is 7.91. The van der Waals surface area contributed by atoms with Crippen molar-refractivity contribution in [3.8, 4) is 11.6 Å². The molecule has 1 atom stereocenters. The molecule has 3 aromatic rings. The van der Waals surface area contributed by atoms with Crippen LogP contribution >= 0.6 is 0 Å². The van der Waals surface area contributed by atoms with Crippen molar-refractivity contribution in [1.29, 1.82) is 0 Å². The summed E-state index contributed by atoms with van der Waals surface area (Å²) < 4.78 is 20.5. The van der Waals surface area contributed by atoms with E-state index in [9.17, 15) is 14.0 Å². The van der Waals surface area contributed by atoms with E-state index >= 15 is 0 Å². The number of pyridine rings is 1. The number of carbonyl (C=O) groups excluding carboxylic acids is 2. The van der Waals surface area contributed by atoms with Crippen LogP contribution in [0.15, 0.2) is 55.0 Å². The number of urea groups is 1. The van der Waals surface area contributed by atoms with E-state index in [1.807, 2.05) is 26.1 Å². The minimum absolute atomic E-state index is 0.0869. The maximum Gasteiger partial charge on any atom is 0.343 e. The number of amides is 3. The zero-order valence-electron chi connectivity index (χ0n) is 19.1. The number of benzene rings is 1. The zero-order valence-corrected chi connectivity index (χ0v) is 19.1.